The minimum atomic E-state index is -1.76. The number of carbonyl (C=O) groups is 4. The fourth-order valence-corrected chi connectivity index (χ4v) is 2.62. The van der Waals surface area contributed by atoms with E-state index in [1.54, 1.807) is 6.07 Å². The zero-order chi connectivity index (χ0) is 24.7. The predicted molar refractivity (Wildman–Crippen MR) is 111 cm³/mol. The van der Waals surface area contributed by atoms with Crippen molar-refractivity contribution < 1.29 is 41.5 Å². The Morgan fingerprint density at radius 2 is 1.59 bits per heavy atom. The van der Waals surface area contributed by atoms with Crippen LogP contribution in [0, 0.1) is 17.5 Å². The van der Waals surface area contributed by atoms with Crippen LogP contribution in [0.4, 0.5) is 24.5 Å². The lowest BCUT2D eigenvalue weighted by molar-refractivity contribution is -0.126. The van der Waals surface area contributed by atoms with Crippen molar-refractivity contribution in [2.45, 2.75) is 0 Å². The third-order valence-electron chi connectivity index (χ3n) is 4.23. The van der Waals surface area contributed by atoms with Crippen LogP contribution in [-0.2, 0) is 14.3 Å². The summed E-state index contributed by atoms with van der Waals surface area (Å²) in [5.41, 5.74) is -0.540. The number of ether oxygens (including phenoxy) is 1. The summed E-state index contributed by atoms with van der Waals surface area (Å²) < 4.78 is 49.6. The van der Waals surface area contributed by atoms with Gasteiger partial charge >= 0.3 is 5.97 Å². The van der Waals surface area contributed by atoms with Gasteiger partial charge in [0.15, 0.2) is 29.8 Å². The van der Waals surface area contributed by atoms with Gasteiger partial charge in [0.05, 0.1) is 29.7 Å². The van der Waals surface area contributed by atoms with Gasteiger partial charge in [0, 0.05) is 0 Å². The molecule has 9 nitrogen and oxygen atoms in total. The molecule has 0 aliphatic heterocycles. The fourth-order valence-electron chi connectivity index (χ4n) is 2.62. The summed E-state index contributed by atoms with van der Waals surface area (Å²) in [6.07, 6.45) is 1.31. The molecule has 0 atom stereocenters. The molecule has 34 heavy (non-hydrogen) atoms. The number of benzene rings is 2. The average molecular weight is 475 g/mol. The Morgan fingerprint density at radius 3 is 2.32 bits per heavy atom. The van der Waals surface area contributed by atoms with E-state index < -0.39 is 60.0 Å². The maximum Gasteiger partial charge on any atom is 0.340 e. The molecular weight excluding hydrogens is 459 g/mol. The lowest BCUT2D eigenvalue weighted by Gasteiger charge is -2.11. The van der Waals surface area contributed by atoms with Crippen LogP contribution in [0.25, 0.3) is 0 Å². The highest BCUT2D eigenvalue weighted by molar-refractivity contribution is 6.07. The lowest BCUT2D eigenvalue weighted by Crippen LogP contribution is -2.35. The minimum absolute atomic E-state index is 0.0177. The van der Waals surface area contributed by atoms with Crippen LogP contribution in [0.15, 0.2) is 59.2 Å². The van der Waals surface area contributed by atoms with Crippen molar-refractivity contribution in [3.63, 3.8) is 0 Å². The Balaban J connectivity index is 1.50. The number of hydrogen-bond acceptors (Lipinski definition) is 6. The first-order chi connectivity index (χ1) is 16.3. The number of amides is 3. The Labute approximate surface area is 189 Å². The molecule has 0 spiro atoms. The van der Waals surface area contributed by atoms with Crippen LogP contribution in [-0.4, -0.2) is 36.8 Å². The second kappa shape index (κ2) is 10.8. The minimum Gasteiger partial charge on any atom is -0.459 e. The number of anilines is 2. The molecule has 0 saturated carbocycles. The van der Waals surface area contributed by atoms with Crippen molar-refractivity contribution >= 4 is 35.1 Å². The maximum absolute atomic E-state index is 13.6. The number of nitrogens with one attached hydrogen (secondary N) is 3. The molecule has 3 aromatic rings. The first-order valence-corrected chi connectivity index (χ1v) is 9.57. The molecule has 3 N–H and O–H groups in total. The molecule has 0 aliphatic rings. The Hall–Kier alpha value is -4.61. The van der Waals surface area contributed by atoms with Gasteiger partial charge in [-0.25, -0.2) is 18.0 Å². The highest BCUT2D eigenvalue weighted by Crippen LogP contribution is 2.19. The van der Waals surface area contributed by atoms with Crippen LogP contribution in [0.1, 0.15) is 20.9 Å². The molecule has 0 radical (unpaired) electrons. The number of carbonyl (C=O) groups excluding carboxylic acids is 4. The second-order valence-corrected chi connectivity index (χ2v) is 6.60. The topological polar surface area (TPSA) is 127 Å². The van der Waals surface area contributed by atoms with Gasteiger partial charge in [-0.3, -0.25) is 14.4 Å². The molecule has 1 heterocycles. The smallest absolute Gasteiger partial charge is 0.340 e. The SMILES string of the molecule is O=C(COC(=O)c1ccccc1NC(=O)c1ccco1)NCC(=O)Nc1ccc(F)c(F)c1F. The van der Waals surface area contributed by atoms with E-state index in [1.165, 1.54) is 36.6 Å². The van der Waals surface area contributed by atoms with E-state index in [2.05, 4.69) is 10.6 Å². The number of furan rings is 1. The van der Waals surface area contributed by atoms with E-state index in [0.29, 0.717) is 6.07 Å². The Morgan fingerprint density at radius 1 is 0.824 bits per heavy atom. The average Bonchev–Trinajstić information content (AvgIpc) is 3.37. The van der Waals surface area contributed by atoms with Crippen LogP contribution in [0.3, 0.4) is 0 Å². The summed E-state index contributed by atoms with van der Waals surface area (Å²) in [4.78, 5) is 48.2. The molecule has 1 aromatic heterocycles. The van der Waals surface area contributed by atoms with E-state index in [9.17, 15) is 32.3 Å². The van der Waals surface area contributed by atoms with Crippen LogP contribution in [0.5, 0.6) is 0 Å². The fraction of sp³-hybridized carbons (Fsp3) is 0.0909. The van der Waals surface area contributed by atoms with Gasteiger partial charge in [-0.1, -0.05) is 12.1 Å². The van der Waals surface area contributed by atoms with Crippen LogP contribution in [0.2, 0.25) is 0 Å². The zero-order valence-corrected chi connectivity index (χ0v) is 17.2. The van der Waals surface area contributed by atoms with Gasteiger partial charge in [-0.2, -0.15) is 0 Å². The highest BCUT2D eigenvalue weighted by Gasteiger charge is 2.18. The van der Waals surface area contributed by atoms with E-state index in [-0.39, 0.29) is 17.0 Å². The molecule has 0 aliphatic carbocycles. The molecule has 3 amide bonds. The predicted octanol–water partition coefficient (Wildman–Crippen LogP) is 2.86. The summed E-state index contributed by atoms with van der Waals surface area (Å²) >= 11 is 0. The summed E-state index contributed by atoms with van der Waals surface area (Å²) in [7, 11) is 0. The normalized spacial score (nSPS) is 10.3. The number of para-hydroxylation sites is 1. The largest absolute Gasteiger partial charge is 0.459 e. The Kier molecular flexibility index (Phi) is 7.64. The van der Waals surface area contributed by atoms with Crippen LogP contribution < -0.4 is 16.0 Å². The van der Waals surface area contributed by atoms with E-state index in [4.69, 9.17) is 9.15 Å². The molecule has 0 bridgehead atoms. The summed E-state index contributed by atoms with van der Waals surface area (Å²) in [6.45, 7) is -1.43. The molecule has 0 saturated heterocycles. The first kappa shape index (κ1) is 24.0. The van der Waals surface area contributed by atoms with E-state index >= 15 is 0 Å². The van der Waals surface area contributed by atoms with Gasteiger partial charge in [0.1, 0.15) is 0 Å². The van der Waals surface area contributed by atoms with Crippen molar-refractivity contribution in [1.82, 2.24) is 5.32 Å². The lowest BCUT2D eigenvalue weighted by atomic mass is 10.1. The van der Waals surface area contributed by atoms with Gasteiger partial charge in [0.25, 0.3) is 11.8 Å². The number of halogens is 3. The third-order valence-corrected chi connectivity index (χ3v) is 4.23. The van der Waals surface area contributed by atoms with Crippen LogP contribution >= 0.6 is 0 Å². The molecular formula is C22H16F3N3O6. The van der Waals surface area contributed by atoms with Crippen molar-refractivity contribution in [3.05, 3.63) is 83.6 Å². The molecule has 176 valence electrons. The molecule has 12 heteroatoms. The molecule has 0 unspecified atom stereocenters. The number of esters is 1. The zero-order valence-electron chi connectivity index (χ0n) is 17.2. The van der Waals surface area contributed by atoms with Gasteiger partial charge in [0.2, 0.25) is 5.91 Å². The second-order valence-electron chi connectivity index (χ2n) is 6.60. The molecule has 3 rings (SSSR count). The van der Waals surface area contributed by atoms with Crippen molar-refractivity contribution in [3.8, 4) is 0 Å². The quantitative estimate of drug-likeness (QED) is 0.340. The van der Waals surface area contributed by atoms with Gasteiger partial charge in [-0.05, 0) is 36.4 Å². The van der Waals surface area contributed by atoms with E-state index in [1.807, 2.05) is 5.32 Å². The third kappa shape index (κ3) is 6.00. The maximum atomic E-state index is 13.6. The molecule has 0 fully saturated rings. The Bertz CT molecular complexity index is 1230. The molecule has 2 aromatic carbocycles. The van der Waals surface area contributed by atoms with Gasteiger partial charge < -0.3 is 25.1 Å². The van der Waals surface area contributed by atoms with Gasteiger partial charge in [-0.15, -0.1) is 0 Å². The summed E-state index contributed by atoms with van der Waals surface area (Å²) in [5.74, 6) is -8.09. The van der Waals surface area contributed by atoms with Crippen molar-refractivity contribution in [2.75, 3.05) is 23.8 Å². The van der Waals surface area contributed by atoms with Crippen molar-refractivity contribution in [2.24, 2.45) is 0 Å². The number of rotatable bonds is 8. The monoisotopic (exact) mass is 475 g/mol. The highest BCUT2D eigenvalue weighted by atomic mass is 19.2. The standard InChI is InChI=1S/C22H16F3N3O6/c23-13-7-8-15(20(25)19(13)24)27-17(29)10-26-18(30)11-34-22(32)12-4-1-2-5-14(12)28-21(31)16-6-3-9-33-16/h1-9H,10-11H2,(H,26,30)(H,27,29)(H,28,31). The first-order valence-electron chi connectivity index (χ1n) is 9.57. The van der Waals surface area contributed by atoms with E-state index in [0.717, 1.165) is 6.07 Å². The van der Waals surface area contributed by atoms with Crippen molar-refractivity contribution in [1.29, 1.82) is 0 Å². The number of hydrogen-bond donors (Lipinski definition) is 3. The summed E-state index contributed by atoms with van der Waals surface area (Å²) in [5, 5.41) is 6.58. The summed E-state index contributed by atoms with van der Waals surface area (Å²) in [6, 6.07) is 10.3.